The van der Waals surface area contributed by atoms with Crippen molar-refractivity contribution in [1.29, 1.82) is 0 Å². The molecule has 2 saturated carbocycles. The van der Waals surface area contributed by atoms with Crippen LogP contribution in [0.15, 0.2) is 0 Å². The molecule has 2 heteroatoms. The average molecular weight is 239 g/mol. The molecule has 2 fully saturated rings. The van der Waals surface area contributed by atoms with Gasteiger partial charge < -0.3 is 10.1 Å². The Bertz CT molecular complexity index is 262. The molecular formula is C15H29NO. The first-order valence-electron chi connectivity index (χ1n) is 7.24. The molecule has 2 rings (SSSR count). The van der Waals surface area contributed by atoms with Gasteiger partial charge in [-0.25, -0.2) is 0 Å². The lowest BCUT2D eigenvalue weighted by Crippen LogP contribution is -2.63. The molecule has 0 heterocycles. The monoisotopic (exact) mass is 239 g/mol. The van der Waals surface area contributed by atoms with Gasteiger partial charge in [0.1, 0.15) is 0 Å². The Morgan fingerprint density at radius 2 is 1.82 bits per heavy atom. The Morgan fingerprint density at radius 3 is 2.35 bits per heavy atom. The van der Waals surface area contributed by atoms with Crippen LogP contribution in [0.25, 0.3) is 0 Å². The van der Waals surface area contributed by atoms with Crippen LogP contribution in [0.5, 0.6) is 0 Å². The first-order valence-corrected chi connectivity index (χ1v) is 7.24. The molecular weight excluding hydrogens is 210 g/mol. The quantitative estimate of drug-likeness (QED) is 0.816. The molecule has 2 aliphatic rings. The summed E-state index contributed by atoms with van der Waals surface area (Å²) in [4.78, 5) is 0. The lowest BCUT2D eigenvalue weighted by Gasteiger charge is -2.53. The van der Waals surface area contributed by atoms with Gasteiger partial charge in [0.2, 0.25) is 0 Å². The lowest BCUT2D eigenvalue weighted by molar-refractivity contribution is -0.103. The van der Waals surface area contributed by atoms with E-state index in [0.717, 1.165) is 17.9 Å². The van der Waals surface area contributed by atoms with Crippen LogP contribution in [0, 0.1) is 17.3 Å². The van der Waals surface area contributed by atoms with E-state index >= 15 is 0 Å². The fourth-order valence-electron chi connectivity index (χ4n) is 3.74. The van der Waals surface area contributed by atoms with Crippen LogP contribution in [0.2, 0.25) is 0 Å². The van der Waals surface area contributed by atoms with Gasteiger partial charge in [-0.15, -0.1) is 0 Å². The van der Waals surface area contributed by atoms with E-state index in [-0.39, 0.29) is 0 Å². The molecule has 0 aromatic carbocycles. The Kier molecular flexibility index (Phi) is 3.84. The van der Waals surface area contributed by atoms with Gasteiger partial charge in [-0.1, -0.05) is 27.7 Å². The molecule has 1 N–H and O–H groups in total. The Balaban J connectivity index is 1.86. The fourth-order valence-corrected chi connectivity index (χ4v) is 3.74. The van der Waals surface area contributed by atoms with Gasteiger partial charge in [0.05, 0.1) is 6.10 Å². The minimum Gasteiger partial charge on any atom is -0.381 e. The zero-order valence-electron chi connectivity index (χ0n) is 12.1. The largest absolute Gasteiger partial charge is 0.381 e. The van der Waals surface area contributed by atoms with Crippen molar-refractivity contribution in [3.05, 3.63) is 0 Å². The Labute approximate surface area is 107 Å². The van der Waals surface area contributed by atoms with Gasteiger partial charge in [0, 0.05) is 24.6 Å². The van der Waals surface area contributed by atoms with E-state index in [1.54, 1.807) is 0 Å². The average Bonchev–Trinajstić information content (AvgIpc) is 2.26. The van der Waals surface area contributed by atoms with Gasteiger partial charge in [-0.3, -0.25) is 0 Å². The summed E-state index contributed by atoms with van der Waals surface area (Å²) in [5.41, 5.74) is 0.303. The van der Waals surface area contributed by atoms with Gasteiger partial charge in [0.15, 0.2) is 0 Å². The summed E-state index contributed by atoms with van der Waals surface area (Å²) in [5.74, 6) is 1.75. The van der Waals surface area contributed by atoms with Crippen molar-refractivity contribution in [1.82, 2.24) is 5.32 Å². The lowest BCUT2D eigenvalue weighted by atomic mass is 9.63. The highest BCUT2D eigenvalue weighted by Gasteiger charge is 2.49. The molecule has 0 radical (unpaired) electrons. The molecule has 2 aliphatic carbocycles. The Morgan fingerprint density at radius 1 is 1.12 bits per heavy atom. The summed E-state index contributed by atoms with van der Waals surface area (Å²) in [6.45, 7) is 9.46. The van der Waals surface area contributed by atoms with Crippen molar-refractivity contribution in [2.75, 3.05) is 7.11 Å². The normalized spacial score (nSPS) is 45.4. The first kappa shape index (κ1) is 13.4. The second kappa shape index (κ2) is 4.89. The van der Waals surface area contributed by atoms with Crippen LogP contribution in [0.3, 0.4) is 0 Å². The van der Waals surface area contributed by atoms with Crippen LogP contribution in [-0.4, -0.2) is 25.3 Å². The van der Waals surface area contributed by atoms with Gasteiger partial charge in [0.25, 0.3) is 0 Å². The number of hydrogen-bond acceptors (Lipinski definition) is 2. The molecule has 5 atom stereocenters. The van der Waals surface area contributed by atoms with E-state index < -0.39 is 0 Å². The summed E-state index contributed by atoms with van der Waals surface area (Å²) >= 11 is 0. The van der Waals surface area contributed by atoms with Crippen LogP contribution in [-0.2, 0) is 4.74 Å². The predicted octanol–water partition coefficient (Wildman–Crippen LogP) is 3.21. The Hall–Kier alpha value is -0.0800. The zero-order valence-corrected chi connectivity index (χ0v) is 12.1. The second-order valence-corrected chi connectivity index (χ2v) is 7.00. The summed E-state index contributed by atoms with van der Waals surface area (Å²) < 4.78 is 5.52. The van der Waals surface area contributed by atoms with E-state index in [2.05, 4.69) is 33.0 Å². The number of rotatable bonds is 3. The highest BCUT2D eigenvalue weighted by molar-refractivity contribution is 5.04. The van der Waals surface area contributed by atoms with Gasteiger partial charge >= 0.3 is 0 Å². The van der Waals surface area contributed by atoms with Crippen molar-refractivity contribution in [2.24, 2.45) is 17.3 Å². The second-order valence-electron chi connectivity index (χ2n) is 7.00. The summed E-state index contributed by atoms with van der Waals surface area (Å²) in [6, 6.07) is 1.38. The maximum Gasteiger partial charge on any atom is 0.0652 e. The van der Waals surface area contributed by atoms with E-state index in [4.69, 9.17) is 4.74 Å². The smallest absolute Gasteiger partial charge is 0.0652 e. The van der Waals surface area contributed by atoms with Crippen molar-refractivity contribution in [3.63, 3.8) is 0 Å². The molecule has 0 aromatic heterocycles. The minimum absolute atomic E-state index is 0.303. The third-order valence-corrected chi connectivity index (χ3v) is 5.31. The summed E-state index contributed by atoms with van der Waals surface area (Å²) in [5, 5.41) is 3.90. The maximum atomic E-state index is 5.52. The molecule has 0 spiro atoms. The molecule has 0 bridgehead atoms. The summed E-state index contributed by atoms with van der Waals surface area (Å²) in [7, 11) is 1.84. The summed E-state index contributed by atoms with van der Waals surface area (Å²) in [6.07, 6.45) is 5.76. The van der Waals surface area contributed by atoms with E-state index in [1.807, 2.05) is 7.11 Å². The van der Waals surface area contributed by atoms with Crippen molar-refractivity contribution in [2.45, 2.75) is 71.6 Å². The van der Waals surface area contributed by atoms with Crippen molar-refractivity contribution >= 4 is 0 Å². The fraction of sp³-hybridized carbons (Fsp3) is 1.00. The van der Waals surface area contributed by atoms with Crippen molar-refractivity contribution < 1.29 is 4.74 Å². The zero-order chi connectivity index (χ0) is 12.6. The van der Waals surface area contributed by atoms with Gasteiger partial charge in [-0.05, 0) is 37.5 Å². The number of nitrogens with one attached hydrogen (secondary N) is 1. The minimum atomic E-state index is 0.303. The van der Waals surface area contributed by atoms with Crippen LogP contribution < -0.4 is 5.32 Å². The highest BCUT2D eigenvalue weighted by atomic mass is 16.5. The van der Waals surface area contributed by atoms with Crippen LogP contribution in [0.1, 0.15) is 53.4 Å². The maximum absolute atomic E-state index is 5.52. The number of hydrogen-bond donors (Lipinski definition) is 1. The molecule has 0 saturated heterocycles. The van der Waals surface area contributed by atoms with Gasteiger partial charge in [-0.2, -0.15) is 0 Å². The molecule has 17 heavy (non-hydrogen) atoms. The van der Waals surface area contributed by atoms with E-state index in [1.165, 1.54) is 25.7 Å². The van der Waals surface area contributed by atoms with E-state index in [0.29, 0.717) is 17.6 Å². The molecule has 2 nitrogen and oxygen atoms in total. The first-order chi connectivity index (χ1) is 7.95. The third kappa shape index (κ3) is 2.53. The van der Waals surface area contributed by atoms with Crippen LogP contribution in [0.4, 0.5) is 0 Å². The SMILES string of the molecule is COC1CC(NC2CCC(C)CC2C)C1(C)C. The number of ether oxygens (including phenoxy) is 1. The molecule has 0 amide bonds. The third-order valence-electron chi connectivity index (χ3n) is 5.31. The van der Waals surface area contributed by atoms with Crippen molar-refractivity contribution in [3.8, 4) is 0 Å². The topological polar surface area (TPSA) is 21.3 Å². The van der Waals surface area contributed by atoms with Crippen LogP contribution >= 0.6 is 0 Å². The standard InChI is InChI=1S/C15H29NO/c1-10-6-7-12(11(2)8-10)16-13-9-14(17-5)15(13,3)4/h10-14,16H,6-9H2,1-5H3. The highest BCUT2D eigenvalue weighted by Crippen LogP contribution is 2.43. The van der Waals surface area contributed by atoms with E-state index in [9.17, 15) is 0 Å². The molecule has 0 aliphatic heterocycles. The molecule has 5 unspecified atom stereocenters. The predicted molar refractivity (Wildman–Crippen MR) is 72.1 cm³/mol. The number of methoxy groups -OCH3 is 1. The molecule has 100 valence electrons. The molecule has 0 aromatic rings.